The molecule has 0 radical (unpaired) electrons. The Morgan fingerprint density at radius 1 is 1.10 bits per heavy atom. The second kappa shape index (κ2) is 8.54. The molecule has 0 bridgehead atoms. The number of halogens is 1. The Morgan fingerprint density at radius 2 is 1.72 bits per heavy atom. The van der Waals surface area contributed by atoms with E-state index in [-0.39, 0.29) is 23.7 Å². The van der Waals surface area contributed by atoms with E-state index in [2.05, 4.69) is 4.98 Å². The lowest BCUT2D eigenvalue weighted by molar-refractivity contribution is -0.125. The van der Waals surface area contributed by atoms with E-state index in [4.69, 9.17) is 11.6 Å². The predicted octanol–water partition coefficient (Wildman–Crippen LogP) is 4.78. The monoisotopic (exact) mass is 416 g/mol. The standard InChI is InChI=1S/C23H29ClN2O3/c1-13-10-14(2)25-21(28)17(13)8-9-20(27)18-11-16(24)12-19(15(18)3)26(7)22(29)23(4,5)6/h10-12H,8-9H2,1-7H3,(H,25,28). The molecule has 0 aliphatic carbocycles. The predicted molar refractivity (Wildman–Crippen MR) is 118 cm³/mol. The zero-order valence-electron chi connectivity index (χ0n) is 18.2. The van der Waals surface area contributed by atoms with Crippen LogP contribution in [0.1, 0.15) is 59.9 Å². The number of benzene rings is 1. The van der Waals surface area contributed by atoms with Crippen LogP contribution in [0.25, 0.3) is 0 Å². The molecule has 6 heteroatoms. The van der Waals surface area contributed by atoms with Gasteiger partial charge in [-0.3, -0.25) is 14.4 Å². The molecule has 0 aliphatic heterocycles. The number of ketones is 1. The van der Waals surface area contributed by atoms with Gasteiger partial charge in [-0.1, -0.05) is 32.4 Å². The van der Waals surface area contributed by atoms with Gasteiger partial charge >= 0.3 is 0 Å². The molecular weight excluding hydrogens is 388 g/mol. The molecule has 1 amide bonds. The molecule has 0 fully saturated rings. The Kier molecular flexibility index (Phi) is 6.74. The van der Waals surface area contributed by atoms with Gasteiger partial charge in [0.05, 0.1) is 0 Å². The van der Waals surface area contributed by atoms with Gasteiger partial charge in [0.1, 0.15) is 0 Å². The summed E-state index contributed by atoms with van der Waals surface area (Å²) in [5.41, 5.74) is 3.36. The average Bonchev–Trinajstić information content (AvgIpc) is 2.60. The van der Waals surface area contributed by atoms with Crippen molar-refractivity contribution in [3.05, 3.63) is 61.5 Å². The number of aromatic amines is 1. The first-order chi connectivity index (χ1) is 13.3. The number of carbonyl (C=O) groups is 2. The number of anilines is 1. The highest BCUT2D eigenvalue weighted by molar-refractivity contribution is 6.31. The largest absolute Gasteiger partial charge is 0.326 e. The summed E-state index contributed by atoms with van der Waals surface area (Å²) in [5.74, 6) is -0.176. The van der Waals surface area contributed by atoms with Crippen molar-refractivity contribution in [2.24, 2.45) is 5.41 Å². The minimum Gasteiger partial charge on any atom is -0.326 e. The number of nitrogens with zero attached hydrogens (tertiary/aromatic N) is 1. The number of nitrogens with one attached hydrogen (secondary N) is 1. The van der Waals surface area contributed by atoms with Crippen molar-refractivity contribution in [3.63, 3.8) is 0 Å². The minimum absolute atomic E-state index is 0.0666. The van der Waals surface area contributed by atoms with Crippen molar-refractivity contribution in [2.75, 3.05) is 11.9 Å². The number of hydrogen-bond acceptors (Lipinski definition) is 3. The van der Waals surface area contributed by atoms with Crippen LogP contribution in [0.2, 0.25) is 5.02 Å². The average molecular weight is 417 g/mol. The molecule has 5 nitrogen and oxygen atoms in total. The third-order valence-electron chi connectivity index (χ3n) is 5.05. The molecule has 1 aromatic heterocycles. The summed E-state index contributed by atoms with van der Waals surface area (Å²) in [6.45, 7) is 11.1. The van der Waals surface area contributed by atoms with Crippen LogP contribution >= 0.6 is 11.6 Å². The van der Waals surface area contributed by atoms with E-state index < -0.39 is 5.41 Å². The Balaban J connectivity index is 2.33. The van der Waals surface area contributed by atoms with Crippen LogP contribution in [0.15, 0.2) is 23.0 Å². The highest BCUT2D eigenvalue weighted by atomic mass is 35.5. The summed E-state index contributed by atoms with van der Waals surface area (Å²) < 4.78 is 0. The van der Waals surface area contributed by atoms with Crippen LogP contribution in [0, 0.1) is 26.2 Å². The second-order valence-corrected chi connectivity index (χ2v) is 9.01. The number of rotatable bonds is 5. The maximum Gasteiger partial charge on any atom is 0.251 e. The normalized spacial score (nSPS) is 11.4. The second-order valence-electron chi connectivity index (χ2n) is 8.58. The summed E-state index contributed by atoms with van der Waals surface area (Å²) in [6, 6.07) is 5.23. The van der Waals surface area contributed by atoms with Crippen LogP contribution in [-0.2, 0) is 11.2 Å². The summed E-state index contributed by atoms with van der Waals surface area (Å²) in [6.07, 6.45) is 0.531. The number of Topliss-reactive ketones (excluding diaryl/α,β-unsaturated/α-hetero) is 1. The van der Waals surface area contributed by atoms with Crippen molar-refractivity contribution in [3.8, 4) is 0 Å². The van der Waals surface area contributed by atoms with Gasteiger partial charge in [0.15, 0.2) is 5.78 Å². The van der Waals surface area contributed by atoms with Gasteiger partial charge in [-0.2, -0.15) is 0 Å². The molecule has 0 aliphatic rings. The molecule has 1 N–H and O–H groups in total. The third kappa shape index (κ3) is 5.15. The smallest absolute Gasteiger partial charge is 0.251 e. The van der Waals surface area contributed by atoms with E-state index in [0.717, 1.165) is 11.3 Å². The molecule has 0 unspecified atom stereocenters. The van der Waals surface area contributed by atoms with Gasteiger partial charge in [0, 0.05) is 46.4 Å². The van der Waals surface area contributed by atoms with Gasteiger partial charge < -0.3 is 9.88 Å². The zero-order chi connectivity index (χ0) is 22.1. The van der Waals surface area contributed by atoms with Crippen molar-refractivity contribution >= 4 is 29.0 Å². The van der Waals surface area contributed by atoms with Crippen LogP contribution in [0.3, 0.4) is 0 Å². The zero-order valence-corrected chi connectivity index (χ0v) is 19.0. The fourth-order valence-corrected chi connectivity index (χ4v) is 3.69. The maximum atomic E-state index is 12.9. The van der Waals surface area contributed by atoms with Gasteiger partial charge in [0.2, 0.25) is 5.91 Å². The molecule has 1 aromatic carbocycles. The summed E-state index contributed by atoms with van der Waals surface area (Å²) in [7, 11) is 1.69. The van der Waals surface area contributed by atoms with Crippen molar-refractivity contribution in [2.45, 2.75) is 54.4 Å². The molecule has 0 spiro atoms. The van der Waals surface area contributed by atoms with E-state index in [1.807, 2.05) is 47.6 Å². The molecule has 0 saturated carbocycles. The number of H-pyrrole nitrogens is 1. The molecule has 2 aromatic rings. The Bertz CT molecular complexity index is 1020. The number of aryl methyl sites for hydroxylation is 2. The van der Waals surface area contributed by atoms with Crippen LogP contribution in [-0.4, -0.2) is 23.7 Å². The molecular formula is C23H29ClN2O3. The first-order valence-electron chi connectivity index (χ1n) is 9.63. The minimum atomic E-state index is -0.558. The lowest BCUT2D eigenvalue weighted by Gasteiger charge is -2.28. The molecule has 29 heavy (non-hydrogen) atoms. The van der Waals surface area contributed by atoms with E-state index in [1.165, 1.54) is 0 Å². The molecule has 2 rings (SSSR count). The Hall–Kier alpha value is -2.40. The SMILES string of the molecule is Cc1cc(C)c(CCC(=O)c2cc(Cl)cc(N(C)C(=O)C(C)(C)C)c2C)c(=O)[nH]1. The van der Waals surface area contributed by atoms with Crippen LogP contribution in [0.5, 0.6) is 0 Å². The number of aromatic nitrogens is 1. The van der Waals surface area contributed by atoms with E-state index in [0.29, 0.717) is 33.8 Å². The van der Waals surface area contributed by atoms with Gasteiger partial charge in [-0.05, 0) is 56.5 Å². The van der Waals surface area contributed by atoms with E-state index in [9.17, 15) is 14.4 Å². The van der Waals surface area contributed by atoms with Gasteiger partial charge in [-0.25, -0.2) is 0 Å². The van der Waals surface area contributed by atoms with Crippen LogP contribution in [0.4, 0.5) is 5.69 Å². The summed E-state index contributed by atoms with van der Waals surface area (Å²) in [4.78, 5) is 42.2. The number of carbonyl (C=O) groups excluding carboxylic acids is 2. The quantitative estimate of drug-likeness (QED) is 0.713. The molecule has 156 valence electrons. The van der Waals surface area contributed by atoms with Gasteiger partial charge in [0.25, 0.3) is 5.56 Å². The van der Waals surface area contributed by atoms with E-state index in [1.54, 1.807) is 24.1 Å². The fourth-order valence-electron chi connectivity index (χ4n) is 3.48. The van der Waals surface area contributed by atoms with Gasteiger partial charge in [-0.15, -0.1) is 0 Å². The van der Waals surface area contributed by atoms with E-state index >= 15 is 0 Å². The molecule has 0 atom stereocenters. The first kappa shape index (κ1) is 22.9. The Morgan fingerprint density at radius 3 is 2.28 bits per heavy atom. The summed E-state index contributed by atoms with van der Waals surface area (Å²) in [5, 5.41) is 0.395. The molecule has 1 heterocycles. The fraction of sp³-hybridized carbons (Fsp3) is 0.435. The highest BCUT2D eigenvalue weighted by Crippen LogP contribution is 2.31. The Labute approximate surface area is 177 Å². The third-order valence-corrected chi connectivity index (χ3v) is 5.27. The number of pyridine rings is 1. The van der Waals surface area contributed by atoms with Crippen molar-refractivity contribution in [1.82, 2.24) is 4.98 Å². The lowest BCUT2D eigenvalue weighted by atomic mass is 9.93. The highest BCUT2D eigenvalue weighted by Gasteiger charge is 2.28. The topological polar surface area (TPSA) is 70.2 Å². The summed E-state index contributed by atoms with van der Waals surface area (Å²) >= 11 is 6.27. The number of amides is 1. The number of hydrogen-bond donors (Lipinski definition) is 1. The lowest BCUT2D eigenvalue weighted by Crippen LogP contribution is -2.37. The van der Waals surface area contributed by atoms with Crippen molar-refractivity contribution in [1.29, 1.82) is 0 Å². The van der Waals surface area contributed by atoms with Crippen LogP contribution < -0.4 is 10.5 Å². The first-order valence-corrected chi connectivity index (χ1v) is 10.0. The maximum absolute atomic E-state index is 12.9. The van der Waals surface area contributed by atoms with Crippen molar-refractivity contribution < 1.29 is 9.59 Å². The molecule has 0 saturated heterocycles.